The highest BCUT2D eigenvalue weighted by atomic mass is 16.9. The van der Waals surface area contributed by atoms with Gasteiger partial charge in [-0.1, -0.05) is 55.4 Å². The molecule has 0 bridgehead atoms. The van der Waals surface area contributed by atoms with E-state index in [1.807, 2.05) is 0 Å². The van der Waals surface area contributed by atoms with Crippen molar-refractivity contribution >= 4 is 0 Å². The molecule has 0 rings (SSSR count). The Hall–Kier alpha value is -0.840. The summed E-state index contributed by atoms with van der Waals surface area (Å²) in [6, 6.07) is 0. The molecule has 0 heterocycles. The van der Waals surface area contributed by atoms with Crippen molar-refractivity contribution < 1.29 is 9.57 Å². The molecule has 0 aromatic rings. The van der Waals surface area contributed by atoms with Crippen LogP contribution in [0.1, 0.15) is 55.4 Å². The van der Waals surface area contributed by atoms with E-state index in [0.717, 1.165) is 23.7 Å². The molecule has 0 radical (unpaired) electrons. The summed E-state index contributed by atoms with van der Waals surface area (Å²) in [5.41, 5.74) is 0. The smallest absolute Gasteiger partial charge is 0.0810 e. The van der Waals surface area contributed by atoms with Crippen LogP contribution >= 0.6 is 0 Å². The zero-order valence-electron chi connectivity index (χ0n) is 15.3. The van der Waals surface area contributed by atoms with Crippen molar-refractivity contribution in [2.24, 2.45) is 23.7 Å². The van der Waals surface area contributed by atoms with E-state index in [0.29, 0.717) is 0 Å². The van der Waals surface area contributed by atoms with Gasteiger partial charge in [0.15, 0.2) is 0 Å². The summed E-state index contributed by atoms with van der Waals surface area (Å²) >= 11 is 0. The molecule has 0 saturated heterocycles. The van der Waals surface area contributed by atoms with Crippen LogP contribution < -0.4 is 0 Å². The maximum atomic E-state index is 8.25. The average molecular weight is 304 g/mol. The van der Waals surface area contributed by atoms with Crippen LogP contribution in [0.4, 0.5) is 0 Å². The highest BCUT2D eigenvalue weighted by Crippen LogP contribution is 2.21. The third-order valence-electron chi connectivity index (χ3n) is 3.01. The summed E-state index contributed by atoms with van der Waals surface area (Å²) in [7, 11) is 0. The zero-order valence-corrected chi connectivity index (χ0v) is 15.3. The summed E-state index contributed by atoms with van der Waals surface area (Å²) in [4.78, 5) is 8.25. The predicted octanol–water partition coefficient (Wildman–Crippen LogP) is 4.19. The van der Waals surface area contributed by atoms with Gasteiger partial charge in [-0.05, 0) is 0 Å². The minimum atomic E-state index is -1.75. The molecule has 0 aliphatic carbocycles. The molecule has 0 aromatic heterocycles. The van der Waals surface area contributed by atoms with E-state index >= 15 is 0 Å². The fourth-order valence-corrected chi connectivity index (χ4v) is 3.55. The molecule has 0 N–H and O–H groups in total. The van der Waals surface area contributed by atoms with E-state index < -0.39 is 5.09 Å². The van der Waals surface area contributed by atoms with Gasteiger partial charge in [0.1, 0.15) is 0 Å². The lowest BCUT2D eigenvalue weighted by Crippen LogP contribution is -2.56. The van der Waals surface area contributed by atoms with E-state index in [4.69, 9.17) is 15.3 Å². The van der Waals surface area contributed by atoms with Crippen molar-refractivity contribution in [1.29, 1.82) is 0 Å². The van der Waals surface area contributed by atoms with Crippen LogP contribution in [0.3, 0.4) is 0 Å². The molecule has 0 aliphatic rings. The summed E-state index contributed by atoms with van der Waals surface area (Å²) < 4.78 is 1.32. The van der Waals surface area contributed by atoms with Crippen LogP contribution in [0.25, 0.3) is 0 Å². The molecule has 0 spiro atoms. The lowest BCUT2D eigenvalue weighted by molar-refractivity contribution is -0.938. The summed E-state index contributed by atoms with van der Waals surface area (Å²) in [5.74, 6) is 3.19. The minimum Gasteiger partial charge on any atom is -0.356 e. The molecule has 0 saturated carbocycles. The van der Waals surface area contributed by atoms with E-state index in [-0.39, 0.29) is 0 Å². The van der Waals surface area contributed by atoms with Gasteiger partial charge in [-0.2, -0.15) is 0 Å². The molecular weight excluding hydrogens is 268 g/mol. The second kappa shape index (κ2) is 10.8. The van der Waals surface area contributed by atoms with Crippen molar-refractivity contribution in [3.63, 3.8) is 0 Å². The second-order valence-corrected chi connectivity index (χ2v) is 7.87. The molecule has 0 amide bonds. The van der Waals surface area contributed by atoms with Gasteiger partial charge in [-0.15, -0.1) is 0 Å². The Balaban J connectivity index is 0. The number of rotatable bonds is 8. The Kier molecular flexibility index (Phi) is 11.6. The first-order chi connectivity index (χ1) is 9.40. The minimum absolute atomic E-state index is 0.797. The highest BCUT2D eigenvalue weighted by Gasteiger charge is 2.31. The normalized spacial score (nSPS) is 12.0. The van der Waals surface area contributed by atoms with Gasteiger partial charge in [0, 0.05) is 23.7 Å². The van der Waals surface area contributed by atoms with E-state index in [9.17, 15) is 0 Å². The molecule has 128 valence electrons. The molecule has 0 fully saturated rings. The zero-order chi connectivity index (χ0) is 17.2. The fourth-order valence-electron chi connectivity index (χ4n) is 3.55. The van der Waals surface area contributed by atoms with E-state index in [2.05, 4.69) is 55.4 Å². The fraction of sp³-hybridized carbons (Fsp3) is 1.00. The largest absolute Gasteiger partial charge is 0.356 e. The predicted molar refractivity (Wildman–Crippen MR) is 89.4 cm³/mol. The first-order valence-electron chi connectivity index (χ1n) is 8.06. The molecule has 0 unspecified atom stereocenters. The SMILES string of the molecule is CC(C)C[N+](CC(C)C)(CC(C)C)CC(C)C.O=[N+]([O-])[O-]. The van der Waals surface area contributed by atoms with Crippen molar-refractivity contribution in [3.05, 3.63) is 15.3 Å². The van der Waals surface area contributed by atoms with E-state index in [1.165, 1.54) is 30.7 Å². The van der Waals surface area contributed by atoms with Gasteiger partial charge in [0.25, 0.3) is 0 Å². The van der Waals surface area contributed by atoms with Gasteiger partial charge < -0.3 is 19.8 Å². The van der Waals surface area contributed by atoms with Gasteiger partial charge in [0.2, 0.25) is 0 Å². The molecule has 0 atom stereocenters. The van der Waals surface area contributed by atoms with Gasteiger partial charge in [-0.3, -0.25) is 0 Å². The Labute approximate surface area is 131 Å². The summed E-state index contributed by atoms with van der Waals surface area (Å²) in [6.45, 7) is 24.3. The van der Waals surface area contributed by atoms with Crippen LogP contribution in [-0.2, 0) is 0 Å². The van der Waals surface area contributed by atoms with Gasteiger partial charge >= 0.3 is 0 Å². The highest BCUT2D eigenvalue weighted by molar-refractivity contribution is 4.57. The van der Waals surface area contributed by atoms with E-state index in [1.54, 1.807) is 0 Å². The molecule has 0 aliphatic heterocycles. The third-order valence-corrected chi connectivity index (χ3v) is 3.01. The number of quaternary nitrogens is 1. The molecule has 0 aromatic carbocycles. The number of nitrogens with zero attached hydrogens (tertiary/aromatic N) is 2. The standard InChI is InChI=1S/C16H36N.NO3/c1-13(2)9-17(10-14(3)4,11-15(5)6)12-16(7)8;2-1(3)4/h13-16H,9-12H2,1-8H3;/q+1;-1. The first kappa shape index (κ1) is 22.4. The Morgan fingerprint density at radius 2 is 0.810 bits per heavy atom. The molecule has 5 nitrogen and oxygen atoms in total. The maximum absolute atomic E-state index is 8.25. The first-order valence-corrected chi connectivity index (χ1v) is 8.06. The third kappa shape index (κ3) is 15.4. The van der Waals surface area contributed by atoms with Crippen LogP contribution in [0.2, 0.25) is 0 Å². The monoisotopic (exact) mass is 304 g/mol. The van der Waals surface area contributed by atoms with Crippen LogP contribution in [0.15, 0.2) is 0 Å². The quantitative estimate of drug-likeness (QED) is 0.383. The average Bonchev–Trinajstić information content (AvgIpc) is 2.08. The summed E-state index contributed by atoms with van der Waals surface area (Å²) in [6.07, 6.45) is 0. The second-order valence-electron chi connectivity index (χ2n) is 7.87. The van der Waals surface area contributed by atoms with Crippen LogP contribution in [0, 0.1) is 39.0 Å². The van der Waals surface area contributed by atoms with Gasteiger partial charge in [0.05, 0.1) is 31.3 Å². The Morgan fingerprint density at radius 1 is 0.667 bits per heavy atom. The topological polar surface area (TPSA) is 66.2 Å². The molecule has 5 heteroatoms. The number of hydrogen-bond acceptors (Lipinski definition) is 3. The van der Waals surface area contributed by atoms with Gasteiger partial charge in [-0.25, -0.2) is 0 Å². The van der Waals surface area contributed by atoms with Crippen LogP contribution in [0.5, 0.6) is 0 Å². The van der Waals surface area contributed by atoms with Crippen LogP contribution in [-0.4, -0.2) is 35.7 Å². The molecule has 21 heavy (non-hydrogen) atoms. The maximum Gasteiger partial charge on any atom is 0.0810 e. The Morgan fingerprint density at radius 3 is 0.905 bits per heavy atom. The summed E-state index contributed by atoms with van der Waals surface area (Å²) in [5, 5.41) is 14.8. The lowest BCUT2D eigenvalue weighted by Gasteiger charge is -2.44. The van der Waals surface area contributed by atoms with Crippen molar-refractivity contribution in [2.45, 2.75) is 55.4 Å². The van der Waals surface area contributed by atoms with Crippen molar-refractivity contribution in [1.82, 2.24) is 0 Å². The Bertz CT molecular complexity index is 227. The van der Waals surface area contributed by atoms with Crippen molar-refractivity contribution in [3.8, 4) is 0 Å². The van der Waals surface area contributed by atoms with Crippen molar-refractivity contribution in [2.75, 3.05) is 26.2 Å². The number of hydrogen-bond donors (Lipinski definition) is 0. The molecular formula is C16H36N2O3. The lowest BCUT2D eigenvalue weighted by atomic mass is 10.0.